The summed E-state index contributed by atoms with van der Waals surface area (Å²) >= 11 is 0. The molecule has 1 aliphatic heterocycles. The van der Waals surface area contributed by atoms with Crippen LogP contribution in [0.1, 0.15) is 23.6 Å². The van der Waals surface area contributed by atoms with Crippen molar-refractivity contribution in [3.05, 3.63) is 82.8 Å². The monoisotopic (exact) mass is 455 g/mol. The number of nitrogens with zero attached hydrogens (tertiary/aromatic N) is 2. The number of hydrogen-bond acceptors (Lipinski definition) is 4. The Labute approximate surface area is 188 Å². The van der Waals surface area contributed by atoms with Gasteiger partial charge in [0.15, 0.2) is 23.2 Å². The van der Waals surface area contributed by atoms with E-state index in [1.54, 1.807) is 17.0 Å². The highest BCUT2D eigenvalue weighted by atomic mass is 19.2. The van der Waals surface area contributed by atoms with Gasteiger partial charge in [0.05, 0.1) is 12.1 Å². The molecule has 0 bridgehead atoms. The molecule has 2 aromatic carbocycles. The number of nitrogens with one attached hydrogen (secondary N) is 1. The average Bonchev–Trinajstić information content (AvgIpc) is 2.77. The second kappa shape index (κ2) is 9.32. The first-order valence-corrected chi connectivity index (χ1v) is 10.3. The third-order valence-corrected chi connectivity index (χ3v) is 5.26. The van der Waals surface area contributed by atoms with Crippen LogP contribution in [-0.4, -0.2) is 28.2 Å². The maximum Gasteiger partial charge on any atom is 0.323 e. The van der Waals surface area contributed by atoms with Crippen LogP contribution in [0.4, 0.5) is 23.8 Å². The molecule has 1 aromatic heterocycles. The van der Waals surface area contributed by atoms with Gasteiger partial charge in [0.1, 0.15) is 17.4 Å². The summed E-state index contributed by atoms with van der Waals surface area (Å²) in [5.74, 6) is -2.25. The average molecular weight is 455 g/mol. The molecule has 3 aromatic rings. The van der Waals surface area contributed by atoms with Gasteiger partial charge >= 0.3 is 6.03 Å². The Morgan fingerprint density at radius 3 is 2.36 bits per heavy atom. The first-order valence-electron chi connectivity index (χ1n) is 10.3. The zero-order valence-electron chi connectivity index (χ0n) is 17.7. The van der Waals surface area contributed by atoms with Crippen molar-refractivity contribution < 1.29 is 27.5 Å². The van der Waals surface area contributed by atoms with Gasteiger partial charge in [-0.1, -0.05) is 12.1 Å². The van der Waals surface area contributed by atoms with E-state index in [0.29, 0.717) is 34.8 Å². The van der Waals surface area contributed by atoms with Crippen molar-refractivity contribution in [1.29, 1.82) is 0 Å². The van der Waals surface area contributed by atoms with Gasteiger partial charge in [-0.15, -0.1) is 0 Å². The van der Waals surface area contributed by atoms with E-state index < -0.39 is 17.5 Å². The van der Waals surface area contributed by atoms with Crippen LogP contribution in [0.2, 0.25) is 0 Å². The van der Waals surface area contributed by atoms with Crippen LogP contribution in [0, 0.1) is 17.5 Å². The van der Waals surface area contributed by atoms with Gasteiger partial charge in [0, 0.05) is 25.6 Å². The Hall–Kier alpha value is -3.88. The number of benzene rings is 2. The maximum atomic E-state index is 14.7. The van der Waals surface area contributed by atoms with E-state index in [9.17, 15) is 22.8 Å². The number of carbonyl (C=O) groups excluding carboxylic acids is 2. The van der Waals surface area contributed by atoms with Gasteiger partial charge in [-0.05, 0) is 48.4 Å². The second-order valence-electron chi connectivity index (χ2n) is 7.59. The van der Waals surface area contributed by atoms with E-state index >= 15 is 0 Å². The molecular formula is C24H20F3N3O3. The van der Waals surface area contributed by atoms with Crippen LogP contribution in [-0.2, 0) is 24.2 Å². The molecule has 0 unspecified atom stereocenters. The van der Waals surface area contributed by atoms with E-state index in [0.717, 1.165) is 12.1 Å². The van der Waals surface area contributed by atoms with Gasteiger partial charge < -0.3 is 9.64 Å². The quantitative estimate of drug-likeness (QED) is 0.544. The standard InChI is InChI=1S/C24H20F3N3O3/c1-2-30-13-17-21(7-8-28-23(17)29-24(30)32)33-22-6-4-15(12-20(22)27)10-16(31)9-14-3-5-18(25)19(26)11-14/h3-8,11-12H,2,9-10,13H2,1H3,(H,28,29,32). The SMILES string of the molecule is CCN1Cc2c(Oc3ccc(CC(=O)Cc4ccc(F)c(F)c4)cc3F)ccnc2NC1=O. The van der Waals surface area contributed by atoms with Gasteiger partial charge in [-0.25, -0.2) is 22.9 Å². The number of pyridine rings is 1. The fourth-order valence-electron chi connectivity index (χ4n) is 3.55. The van der Waals surface area contributed by atoms with Crippen LogP contribution in [0.15, 0.2) is 48.7 Å². The van der Waals surface area contributed by atoms with Crippen LogP contribution in [0.3, 0.4) is 0 Å². The number of fused-ring (bicyclic) bond motifs is 1. The molecule has 1 aliphatic rings. The second-order valence-corrected chi connectivity index (χ2v) is 7.59. The summed E-state index contributed by atoms with van der Waals surface area (Å²) in [7, 11) is 0. The third kappa shape index (κ3) is 4.97. The largest absolute Gasteiger partial charge is 0.454 e. The number of aromatic nitrogens is 1. The molecule has 6 nitrogen and oxygen atoms in total. The summed E-state index contributed by atoms with van der Waals surface area (Å²) in [6.45, 7) is 2.61. The number of amides is 2. The Kier molecular flexibility index (Phi) is 6.30. The Morgan fingerprint density at radius 1 is 1.00 bits per heavy atom. The minimum atomic E-state index is -1.02. The van der Waals surface area contributed by atoms with Gasteiger partial charge in [-0.3, -0.25) is 10.1 Å². The van der Waals surface area contributed by atoms with Crippen molar-refractivity contribution in [1.82, 2.24) is 9.88 Å². The highest BCUT2D eigenvalue weighted by Crippen LogP contribution is 2.34. The molecule has 0 saturated carbocycles. The van der Waals surface area contributed by atoms with Crippen molar-refractivity contribution in [3.63, 3.8) is 0 Å². The molecule has 4 rings (SSSR count). The summed E-state index contributed by atoms with van der Waals surface area (Å²) in [6, 6.07) is 8.78. The van der Waals surface area contributed by atoms with Gasteiger partial charge in [0.2, 0.25) is 0 Å². The number of ether oxygens (including phenoxy) is 1. The molecule has 170 valence electrons. The molecule has 2 heterocycles. The maximum absolute atomic E-state index is 14.7. The molecule has 0 aliphatic carbocycles. The number of carbonyl (C=O) groups is 2. The fourth-order valence-corrected chi connectivity index (χ4v) is 3.55. The molecular weight excluding hydrogens is 435 g/mol. The smallest absolute Gasteiger partial charge is 0.323 e. The van der Waals surface area contributed by atoms with E-state index in [1.807, 2.05) is 6.92 Å². The highest BCUT2D eigenvalue weighted by molar-refractivity contribution is 5.91. The lowest BCUT2D eigenvalue weighted by Crippen LogP contribution is -2.38. The normalized spacial score (nSPS) is 12.8. The molecule has 1 N–H and O–H groups in total. The van der Waals surface area contributed by atoms with E-state index in [1.165, 1.54) is 24.4 Å². The number of ketones is 1. The summed E-state index contributed by atoms with van der Waals surface area (Å²) in [6.07, 6.45) is 1.29. The van der Waals surface area contributed by atoms with E-state index in [2.05, 4.69) is 10.3 Å². The van der Waals surface area contributed by atoms with Crippen molar-refractivity contribution in [3.8, 4) is 11.5 Å². The molecule has 0 fully saturated rings. The minimum absolute atomic E-state index is 0.0415. The number of halogens is 3. The molecule has 0 atom stereocenters. The lowest BCUT2D eigenvalue weighted by molar-refractivity contribution is -0.117. The Balaban J connectivity index is 1.46. The van der Waals surface area contributed by atoms with Crippen LogP contribution < -0.4 is 10.1 Å². The van der Waals surface area contributed by atoms with Crippen LogP contribution in [0.25, 0.3) is 0 Å². The van der Waals surface area contributed by atoms with Crippen molar-refractivity contribution in [2.24, 2.45) is 0 Å². The number of rotatable bonds is 7. The molecule has 0 spiro atoms. The lowest BCUT2D eigenvalue weighted by Gasteiger charge is -2.28. The fraction of sp³-hybridized carbons (Fsp3) is 0.208. The van der Waals surface area contributed by atoms with Gasteiger partial charge in [-0.2, -0.15) is 0 Å². The van der Waals surface area contributed by atoms with Crippen LogP contribution in [0.5, 0.6) is 11.5 Å². The summed E-state index contributed by atoms with van der Waals surface area (Å²) in [5, 5.41) is 2.68. The molecule has 2 amide bonds. The Morgan fingerprint density at radius 2 is 1.70 bits per heavy atom. The zero-order valence-corrected chi connectivity index (χ0v) is 17.7. The first-order chi connectivity index (χ1) is 15.8. The Bertz CT molecular complexity index is 1230. The number of Topliss-reactive ketones (excluding diaryl/α,β-unsaturated/α-hetero) is 1. The molecule has 0 radical (unpaired) electrons. The van der Waals surface area contributed by atoms with Crippen molar-refractivity contribution >= 4 is 17.6 Å². The van der Waals surface area contributed by atoms with Gasteiger partial charge in [0.25, 0.3) is 0 Å². The number of urea groups is 1. The predicted molar refractivity (Wildman–Crippen MR) is 115 cm³/mol. The predicted octanol–water partition coefficient (Wildman–Crippen LogP) is 5.01. The molecule has 9 heteroatoms. The summed E-state index contributed by atoms with van der Waals surface area (Å²) in [5.41, 5.74) is 1.40. The van der Waals surface area contributed by atoms with Crippen LogP contribution >= 0.6 is 0 Å². The first kappa shape index (κ1) is 22.3. The summed E-state index contributed by atoms with van der Waals surface area (Å²) in [4.78, 5) is 30.0. The van der Waals surface area contributed by atoms with E-state index in [4.69, 9.17) is 4.74 Å². The van der Waals surface area contributed by atoms with E-state index in [-0.39, 0.29) is 37.0 Å². The third-order valence-electron chi connectivity index (χ3n) is 5.26. The molecule has 0 saturated heterocycles. The zero-order chi connectivity index (χ0) is 23.5. The minimum Gasteiger partial charge on any atom is -0.454 e. The highest BCUT2D eigenvalue weighted by Gasteiger charge is 2.25. The summed E-state index contributed by atoms with van der Waals surface area (Å²) < 4.78 is 46.8. The lowest BCUT2D eigenvalue weighted by atomic mass is 10.0. The van der Waals surface area contributed by atoms with Crippen molar-refractivity contribution in [2.75, 3.05) is 11.9 Å². The number of anilines is 1. The molecule has 33 heavy (non-hydrogen) atoms. The number of hydrogen-bond donors (Lipinski definition) is 1. The van der Waals surface area contributed by atoms with Crippen molar-refractivity contribution in [2.45, 2.75) is 26.3 Å². The topological polar surface area (TPSA) is 71.5 Å².